The van der Waals surface area contributed by atoms with Crippen molar-refractivity contribution in [3.63, 3.8) is 0 Å². The number of nitrogens with zero attached hydrogens (tertiary/aromatic N) is 1. The minimum absolute atomic E-state index is 0.405. The molecule has 2 N–H and O–H groups in total. The first-order valence-corrected chi connectivity index (χ1v) is 10.2. The van der Waals surface area contributed by atoms with E-state index in [1.165, 1.54) is 6.21 Å². The third kappa shape index (κ3) is 8.02. The van der Waals surface area contributed by atoms with Crippen molar-refractivity contribution < 1.29 is 28.9 Å². The largest absolute Gasteiger partial charge is 0.489 e. The van der Waals surface area contributed by atoms with E-state index in [0.29, 0.717) is 29.4 Å². The van der Waals surface area contributed by atoms with Crippen LogP contribution in [-0.4, -0.2) is 35.9 Å². The van der Waals surface area contributed by atoms with E-state index in [1.807, 2.05) is 30.3 Å². The fraction of sp³-hybridized carbons (Fsp3) is 0.160. The monoisotopic (exact) mass is 448 g/mol. The lowest BCUT2D eigenvalue weighted by molar-refractivity contribution is -0.139. The van der Waals surface area contributed by atoms with Crippen molar-refractivity contribution in [2.45, 2.75) is 19.6 Å². The van der Waals surface area contributed by atoms with Crippen molar-refractivity contribution in [3.05, 3.63) is 90.0 Å². The topological polar surface area (TPSA) is 106 Å². The van der Waals surface area contributed by atoms with E-state index in [2.05, 4.69) is 10.5 Å². The first-order chi connectivity index (χ1) is 16.0. The highest BCUT2D eigenvalue weighted by Gasteiger charge is 2.14. The molecule has 33 heavy (non-hydrogen) atoms. The van der Waals surface area contributed by atoms with Crippen LogP contribution in [0.4, 0.5) is 0 Å². The molecule has 3 aromatic rings. The van der Waals surface area contributed by atoms with Crippen molar-refractivity contribution in [2.75, 3.05) is 6.61 Å². The van der Waals surface area contributed by atoms with E-state index in [4.69, 9.17) is 19.3 Å². The second kappa shape index (κ2) is 11.9. The molecule has 0 aliphatic heterocycles. The fourth-order valence-corrected chi connectivity index (χ4v) is 2.67. The Hall–Kier alpha value is -4.33. The van der Waals surface area contributed by atoms with Gasteiger partial charge in [-0.2, -0.15) is 5.10 Å². The summed E-state index contributed by atoms with van der Waals surface area (Å²) in [4.78, 5) is 22.7. The van der Waals surface area contributed by atoms with E-state index < -0.39 is 24.6 Å². The second-order valence-electron chi connectivity index (χ2n) is 6.99. The van der Waals surface area contributed by atoms with Crippen LogP contribution in [0.1, 0.15) is 18.1 Å². The van der Waals surface area contributed by atoms with Crippen LogP contribution in [0.5, 0.6) is 17.2 Å². The van der Waals surface area contributed by atoms with Gasteiger partial charge >= 0.3 is 5.97 Å². The Labute approximate surface area is 191 Å². The highest BCUT2D eigenvalue weighted by molar-refractivity contribution is 5.84. The lowest BCUT2D eigenvalue weighted by Gasteiger charge is -2.13. The highest BCUT2D eigenvalue weighted by atomic mass is 16.5. The number of carboxylic acids is 1. The summed E-state index contributed by atoms with van der Waals surface area (Å²) in [5.74, 6) is 0.208. The van der Waals surface area contributed by atoms with E-state index in [1.54, 1.807) is 55.5 Å². The number of benzene rings is 3. The molecule has 0 heterocycles. The Balaban J connectivity index is 1.42. The molecule has 0 aliphatic rings. The van der Waals surface area contributed by atoms with Crippen LogP contribution < -0.4 is 19.6 Å². The summed E-state index contributed by atoms with van der Waals surface area (Å²) in [7, 11) is 0. The number of carboxylic acid groups (broad SMARTS) is 1. The number of hydrogen-bond donors (Lipinski definition) is 2. The second-order valence-corrected chi connectivity index (χ2v) is 6.99. The molecule has 0 spiro atoms. The maximum absolute atomic E-state index is 12.2. The van der Waals surface area contributed by atoms with Crippen LogP contribution in [0.15, 0.2) is 84.0 Å². The van der Waals surface area contributed by atoms with Gasteiger partial charge in [-0.3, -0.25) is 4.79 Å². The van der Waals surface area contributed by atoms with Gasteiger partial charge in [0.05, 0.1) is 6.21 Å². The lowest BCUT2D eigenvalue weighted by atomic mass is 10.2. The van der Waals surface area contributed by atoms with Crippen molar-refractivity contribution in [1.82, 2.24) is 5.43 Å². The number of carbonyl (C=O) groups excluding carboxylic acids is 1. The molecule has 8 nitrogen and oxygen atoms in total. The molecule has 3 aromatic carbocycles. The van der Waals surface area contributed by atoms with Crippen molar-refractivity contribution >= 4 is 18.1 Å². The predicted octanol–water partition coefficient (Wildman–Crippen LogP) is 3.65. The van der Waals surface area contributed by atoms with Crippen LogP contribution in [0, 0.1) is 0 Å². The number of rotatable bonds is 11. The SMILES string of the molecule is C[C@H](Oc1ccc(OCc2ccccc2)cc1)C(=O)N/N=C\c1ccc(OCC(=O)O)cc1. The van der Waals surface area contributed by atoms with E-state index in [-0.39, 0.29) is 0 Å². The van der Waals surface area contributed by atoms with Gasteiger partial charge in [0.15, 0.2) is 12.7 Å². The summed E-state index contributed by atoms with van der Waals surface area (Å²) >= 11 is 0. The molecular formula is C25H24N2O6. The van der Waals surface area contributed by atoms with Gasteiger partial charge < -0.3 is 19.3 Å². The average Bonchev–Trinajstić information content (AvgIpc) is 2.83. The van der Waals surface area contributed by atoms with Gasteiger partial charge in [-0.1, -0.05) is 30.3 Å². The van der Waals surface area contributed by atoms with Crippen LogP contribution >= 0.6 is 0 Å². The Bertz CT molecular complexity index is 1070. The molecule has 0 aliphatic carbocycles. The average molecular weight is 448 g/mol. The number of carbonyl (C=O) groups is 2. The van der Waals surface area contributed by atoms with Crippen LogP contribution in [0.3, 0.4) is 0 Å². The predicted molar refractivity (Wildman–Crippen MR) is 123 cm³/mol. The summed E-state index contributed by atoms with van der Waals surface area (Å²) in [5, 5.41) is 12.5. The van der Waals surface area contributed by atoms with Gasteiger partial charge in [0.2, 0.25) is 0 Å². The molecule has 0 fully saturated rings. The standard InChI is InChI=1S/C25H24N2O6/c1-18(25(30)27-26-15-19-7-9-21(10-8-19)32-17-24(28)29)33-23-13-11-22(12-14-23)31-16-20-5-3-2-4-6-20/h2-15,18H,16-17H2,1H3,(H,27,30)(H,28,29)/b26-15-/t18-/m0/s1. The molecular weight excluding hydrogens is 424 g/mol. The third-order valence-corrected chi connectivity index (χ3v) is 4.38. The maximum atomic E-state index is 12.2. The van der Waals surface area contributed by atoms with E-state index >= 15 is 0 Å². The van der Waals surface area contributed by atoms with Crippen LogP contribution in [0.2, 0.25) is 0 Å². The third-order valence-electron chi connectivity index (χ3n) is 4.38. The first kappa shape index (κ1) is 23.3. The number of ether oxygens (including phenoxy) is 3. The molecule has 1 amide bonds. The molecule has 0 bridgehead atoms. The molecule has 0 aromatic heterocycles. The van der Waals surface area contributed by atoms with Gasteiger partial charge in [-0.25, -0.2) is 10.2 Å². The summed E-state index contributed by atoms with van der Waals surface area (Å²) in [6.45, 7) is 1.68. The molecule has 0 saturated heterocycles. The number of nitrogens with one attached hydrogen (secondary N) is 1. The van der Waals surface area contributed by atoms with Gasteiger partial charge in [-0.05, 0) is 66.6 Å². The van der Waals surface area contributed by atoms with E-state index in [9.17, 15) is 9.59 Å². The zero-order valence-corrected chi connectivity index (χ0v) is 18.0. The smallest absolute Gasteiger partial charge is 0.341 e. The highest BCUT2D eigenvalue weighted by Crippen LogP contribution is 2.19. The molecule has 0 unspecified atom stereocenters. The lowest BCUT2D eigenvalue weighted by Crippen LogP contribution is -2.33. The van der Waals surface area contributed by atoms with Crippen LogP contribution in [0.25, 0.3) is 0 Å². The molecule has 170 valence electrons. The zero-order valence-electron chi connectivity index (χ0n) is 18.0. The van der Waals surface area contributed by atoms with Gasteiger partial charge in [0, 0.05) is 0 Å². The number of aliphatic carboxylic acids is 1. The van der Waals surface area contributed by atoms with Gasteiger partial charge in [-0.15, -0.1) is 0 Å². The maximum Gasteiger partial charge on any atom is 0.341 e. The van der Waals surface area contributed by atoms with Crippen LogP contribution in [-0.2, 0) is 16.2 Å². The van der Waals surface area contributed by atoms with Crippen molar-refractivity contribution in [2.24, 2.45) is 5.10 Å². The normalized spacial score (nSPS) is 11.5. The fourth-order valence-electron chi connectivity index (χ4n) is 2.67. The number of amides is 1. The van der Waals surface area contributed by atoms with Crippen molar-refractivity contribution in [3.8, 4) is 17.2 Å². The number of hydrogen-bond acceptors (Lipinski definition) is 6. The molecule has 0 radical (unpaired) electrons. The Morgan fingerprint density at radius 3 is 2.18 bits per heavy atom. The Morgan fingerprint density at radius 1 is 0.909 bits per heavy atom. The summed E-state index contributed by atoms with van der Waals surface area (Å²) in [6, 6.07) is 23.5. The Morgan fingerprint density at radius 2 is 1.52 bits per heavy atom. The number of hydrazone groups is 1. The minimum Gasteiger partial charge on any atom is -0.489 e. The van der Waals surface area contributed by atoms with Gasteiger partial charge in [0.25, 0.3) is 5.91 Å². The van der Waals surface area contributed by atoms with Crippen molar-refractivity contribution in [1.29, 1.82) is 0 Å². The van der Waals surface area contributed by atoms with E-state index in [0.717, 1.165) is 5.56 Å². The zero-order chi connectivity index (χ0) is 23.5. The Kier molecular flexibility index (Phi) is 8.41. The summed E-state index contributed by atoms with van der Waals surface area (Å²) in [5.41, 5.74) is 4.21. The quantitative estimate of drug-likeness (QED) is 0.343. The minimum atomic E-state index is -1.05. The van der Waals surface area contributed by atoms with Gasteiger partial charge in [0.1, 0.15) is 23.9 Å². The summed E-state index contributed by atoms with van der Waals surface area (Å²) < 4.78 is 16.4. The summed E-state index contributed by atoms with van der Waals surface area (Å²) in [6.07, 6.45) is 0.704. The first-order valence-electron chi connectivity index (χ1n) is 10.2. The molecule has 0 saturated carbocycles. The molecule has 3 rings (SSSR count). The molecule has 8 heteroatoms. The molecule has 1 atom stereocenters.